The Balaban J connectivity index is 2.57. The predicted molar refractivity (Wildman–Crippen MR) is 81.3 cm³/mol. The molecule has 2 aliphatic heterocycles. The Morgan fingerprint density at radius 3 is 2.50 bits per heavy atom. The van der Waals surface area contributed by atoms with Crippen molar-refractivity contribution in [2.24, 2.45) is 0 Å². The van der Waals surface area contributed by atoms with Gasteiger partial charge in [0.2, 0.25) is 0 Å². The molecule has 16 heavy (non-hydrogen) atoms. The Morgan fingerprint density at radius 1 is 1.25 bits per heavy atom. The maximum atomic E-state index is 6.04. The van der Waals surface area contributed by atoms with E-state index in [1.807, 2.05) is 0 Å². The monoisotopic (exact) mass is 316 g/mol. The number of allylic oxidation sites excluding steroid dienone is 5. The lowest BCUT2D eigenvalue weighted by atomic mass is 9.99. The van der Waals surface area contributed by atoms with E-state index in [2.05, 4.69) is 49.7 Å². The van der Waals surface area contributed by atoms with Crippen LogP contribution in [0.15, 0.2) is 32.6 Å². The van der Waals surface area contributed by atoms with Gasteiger partial charge in [-0.3, -0.25) is 0 Å². The Hall–Kier alpha value is 0.350. The fourth-order valence-corrected chi connectivity index (χ4v) is 8.92. The second kappa shape index (κ2) is 4.23. The number of halogens is 1. The first-order valence-corrected chi connectivity index (χ1v) is 9.50. The minimum Gasteiger partial charge on any atom is -0.0910 e. The van der Waals surface area contributed by atoms with E-state index < -0.39 is 6.04 Å². The summed E-state index contributed by atoms with van der Waals surface area (Å²) in [5, 5.41) is 0. The van der Waals surface area contributed by atoms with Gasteiger partial charge < -0.3 is 0 Å². The third kappa shape index (κ3) is 1.83. The number of rotatable bonds is 0. The molecular formula is C13H18BrPS. The van der Waals surface area contributed by atoms with Crippen molar-refractivity contribution in [3.8, 4) is 0 Å². The molecule has 0 spiro atoms. The van der Waals surface area contributed by atoms with Gasteiger partial charge in [0.25, 0.3) is 0 Å². The molecule has 2 unspecified atom stereocenters. The Labute approximate surface area is 112 Å². The molecule has 2 aliphatic rings. The van der Waals surface area contributed by atoms with Crippen LogP contribution < -0.4 is 0 Å². The van der Waals surface area contributed by atoms with Gasteiger partial charge in [-0.05, 0) is 56.1 Å². The van der Waals surface area contributed by atoms with Crippen molar-refractivity contribution in [1.82, 2.24) is 0 Å². The van der Waals surface area contributed by atoms with Gasteiger partial charge in [0.05, 0.1) is 0 Å². The van der Waals surface area contributed by atoms with Crippen molar-refractivity contribution < 1.29 is 0 Å². The normalized spacial score (nSPS) is 35.1. The summed E-state index contributed by atoms with van der Waals surface area (Å²) in [4.78, 5) is 0. The van der Waals surface area contributed by atoms with Crippen molar-refractivity contribution >= 4 is 33.8 Å². The summed E-state index contributed by atoms with van der Waals surface area (Å²) in [6.45, 7) is 8.99. The zero-order chi connectivity index (χ0) is 12.1. The summed E-state index contributed by atoms with van der Waals surface area (Å²) in [7, 11) is 0. The molecule has 0 aromatic rings. The molecule has 0 nitrogen and oxygen atoms in total. The minimum absolute atomic E-state index is 0.616. The Kier molecular flexibility index (Phi) is 3.38. The first-order valence-electron chi connectivity index (χ1n) is 5.65. The molecule has 0 fully saturated rings. The third-order valence-corrected chi connectivity index (χ3v) is 12.0. The molecule has 0 bridgehead atoms. The SMILES string of the molecule is CC1=C(C)C2CC(C)=C(C)CP2(=S)C(Br)=C1. The van der Waals surface area contributed by atoms with E-state index in [0.717, 1.165) is 6.16 Å². The van der Waals surface area contributed by atoms with Gasteiger partial charge in [-0.1, -0.05) is 34.1 Å². The Bertz CT molecular complexity index is 482. The molecule has 2 heterocycles. The summed E-state index contributed by atoms with van der Waals surface area (Å²) in [5.41, 5.74) is 6.63. The highest BCUT2D eigenvalue weighted by Crippen LogP contribution is 2.69. The van der Waals surface area contributed by atoms with E-state index in [1.165, 1.54) is 27.4 Å². The second-order valence-electron chi connectivity index (χ2n) is 5.07. The summed E-state index contributed by atoms with van der Waals surface area (Å²) in [5.74, 6) is 0. The van der Waals surface area contributed by atoms with Crippen LogP contribution in [0.4, 0.5) is 0 Å². The van der Waals surface area contributed by atoms with E-state index in [0.29, 0.717) is 5.66 Å². The van der Waals surface area contributed by atoms with E-state index in [-0.39, 0.29) is 0 Å². The van der Waals surface area contributed by atoms with Gasteiger partial charge in [-0.2, -0.15) is 0 Å². The molecule has 88 valence electrons. The van der Waals surface area contributed by atoms with E-state index in [1.54, 1.807) is 5.57 Å². The maximum absolute atomic E-state index is 6.04. The topological polar surface area (TPSA) is 0 Å². The highest BCUT2D eigenvalue weighted by Gasteiger charge is 2.38. The van der Waals surface area contributed by atoms with Gasteiger partial charge in [0, 0.05) is 22.1 Å². The van der Waals surface area contributed by atoms with Crippen LogP contribution >= 0.6 is 22.0 Å². The zero-order valence-corrected chi connectivity index (χ0v) is 13.6. The zero-order valence-electron chi connectivity index (χ0n) is 10.3. The van der Waals surface area contributed by atoms with E-state index >= 15 is 0 Å². The van der Waals surface area contributed by atoms with Crippen LogP contribution in [0.3, 0.4) is 0 Å². The van der Waals surface area contributed by atoms with Gasteiger partial charge in [0.15, 0.2) is 0 Å². The maximum Gasteiger partial charge on any atom is 0.0296 e. The highest BCUT2D eigenvalue weighted by atomic mass is 79.9. The van der Waals surface area contributed by atoms with Gasteiger partial charge in [0.1, 0.15) is 0 Å². The molecule has 0 amide bonds. The average Bonchev–Trinajstić information content (AvgIpc) is 2.20. The van der Waals surface area contributed by atoms with Crippen LogP contribution in [-0.4, -0.2) is 11.8 Å². The van der Waals surface area contributed by atoms with Gasteiger partial charge in [-0.15, -0.1) is 0 Å². The molecule has 0 N–H and O–H groups in total. The molecule has 0 aliphatic carbocycles. The lowest BCUT2D eigenvalue weighted by Gasteiger charge is -2.40. The summed E-state index contributed by atoms with van der Waals surface area (Å²) >= 11 is 9.79. The highest BCUT2D eigenvalue weighted by molar-refractivity contribution is 9.13. The molecule has 3 heteroatoms. The lowest BCUT2D eigenvalue weighted by molar-refractivity contribution is 0.881. The second-order valence-corrected chi connectivity index (χ2v) is 11.5. The Morgan fingerprint density at radius 2 is 1.88 bits per heavy atom. The average molecular weight is 317 g/mol. The summed E-state index contributed by atoms with van der Waals surface area (Å²) < 4.78 is 1.31. The van der Waals surface area contributed by atoms with Crippen molar-refractivity contribution in [1.29, 1.82) is 0 Å². The molecular weight excluding hydrogens is 299 g/mol. The van der Waals surface area contributed by atoms with Gasteiger partial charge >= 0.3 is 0 Å². The number of fused-ring (bicyclic) bond motifs is 1. The minimum atomic E-state index is -1.40. The lowest BCUT2D eigenvalue weighted by Crippen LogP contribution is -2.22. The fraction of sp³-hybridized carbons (Fsp3) is 0.538. The molecule has 2 rings (SSSR count). The molecule has 0 saturated carbocycles. The van der Waals surface area contributed by atoms with Crippen LogP contribution in [0.1, 0.15) is 34.1 Å². The van der Waals surface area contributed by atoms with Crippen molar-refractivity contribution in [3.05, 3.63) is 32.6 Å². The van der Waals surface area contributed by atoms with Crippen molar-refractivity contribution in [2.45, 2.75) is 39.8 Å². The molecule has 0 aromatic carbocycles. The predicted octanol–water partition coefficient (Wildman–Crippen LogP) is 5.16. The van der Waals surface area contributed by atoms with Crippen LogP contribution in [0.2, 0.25) is 0 Å². The van der Waals surface area contributed by atoms with Crippen molar-refractivity contribution in [2.75, 3.05) is 6.16 Å². The fourth-order valence-electron chi connectivity index (χ4n) is 2.56. The first-order chi connectivity index (χ1) is 7.36. The standard InChI is InChI=1S/C13H18BrPS/c1-8-5-12-11(4)9(2)6-13(14)15(12,16)7-10(8)3/h6,12H,5,7H2,1-4H3. The summed E-state index contributed by atoms with van der Waals surface area (Å²) in [6.07, 6.45) is 4.57. The van der Waals surface area contributed by atoms with Crippen LogP contribution in [-0.2, 0) is 11.8 Å². The third-order valence-electron chi connectivity index (χ3n) is 4.02. The quantitative estimate of drug-likeness (QED) is 0.439. The first kappa shape index (κ1) is 12.8. The molecule has 0 radical (unpaired) electrons. The molecule has 0 saturated heterocycles. The molecule has 0 aromatic heterocycles. The van der Waals surface area contributed by atoms with E-state index in [4.69, 9.17) is 11.8 Å². The molecule has 2 atom stereocenters. The number of hydrogen-bond donors (Lipinski definition) is 0. The number of hydrogen-bond acceptors (Lipinski definition) is 1. The van der Waals surface area contributed by atoms with Crippen LogP contribution in [0, 0.1) is 0 Å². The smallest absolute Gasteiger partial charge is 0.0296 e. The summed E-state index contributed by atoms with van der Waals surface area (Å²) in [6, 6.07) is -1.40. The van der Waals surface area contributed by atoms with Crippen LogP contribution in [0.25, 0.3) is 0 Å². The van der Waals surface area contributed by atoms with E-state index in [9.17, 15) is 0 Å². The van der Waals surface area contributed by atoms with Gasteiger partial charge in [-0.25, -0.2) is 0 Å². The van der Waals surface area contributed by atoms with Crippen LogP contribution in [0.5, 0.6) is 0 Å². The largest absolute Gasteiger partial charge is 0.0910 e. The van der Waals surface area contributed by atoms with Crippen molar-refractivity contribution in [3.63, 3.8) is 0 Å².